The third-order valence-corrected chi connectivity index (χ3v) is 6.08. The van der Waals surface area contributed by atoms with Gasteiger partial charge in [-0.2, -0.15) is 5.10 Å². The van der Waals surface area contributed by atoms with Gasteiger partial charge in [-0.1, -0.05) is 54.6 Å². The molecule has 156 valence electrons. The van der Waals surface area contributed by atoms with Crippen molar-refractivity contribution in [1.29, 1.82) is 0 Å². The van der Waals surface area contributed by atoms with Gasteiger partial charge in [0.2, 0.25) is 0 Å². The van der Waals surface area contributed by atoms with Crippen LogP contribution in [-0.2, 0) is 6.42 Å². The number of piperazine rings is 1. The van der Waals surface area contributed by atoms with Gasteiger partial charge in [-0.15, -0.1) is 0 Å². The number of hydrogen-bond donors (Lipinski definition) is 1. The first-order chi connectivity index (χ1) is 15.2. The Labute approximate surface area is 184 Å². The fraction of sp³-hybridized carbons (Fsp3) is 0.222. The summed E-state index contributed by atoms with van der Waals surface area (Å²) in [6.45, 7) is 4.45. The van der Waals surface area contributed by atoms with Crippen molar-refractivity contribution in [2.45, 2.75) is 6.42 Å². The third-order valence-electron chi connectivity index (χ3n) is 6.08. The molecule has 1 saturated heterocycles. The topological polar surface area (TPSA) is 35.2 Å². The monoisotopic (exact) mass is 408 g/mol. The summed E-state index contributed by atoms with van der Waals surface area (Å²) in [5, 5.41) is 7.52. The number of allylic oxidation sites excluding steroid dienone is 1. The summed E-state index contributed by atoms with van der Waals surface area (Å²) in [5.74, 6) is 0. The van der Waals surface area contributed by atoms with E-state index in [1.165, 1.54) is 27.9 Å². The second-order valence-corrected chi connectivity index (χ2v) is 8.36. The summed E-state index contributed by atoms with van der Waals surface area (Å²) >= 11 is 0. The minimum absolute atomic E-state index is 0.934. The fourth-order valence-corrected chi connectivity index (χ4v) is 4.13. The molecule has 5 rings (SSSR count). The first kappa shape index (κ1) is 19.6. The average molecular weight is 409 g/mol. The van der Waals surface area contributed by atoms with Crippen LogP contribution >= 0.6 is 0 Å². The molecule has 31 heavy (non-hydrogen) atoms. The Kier molecular flexibility index (Phi) is 5.55. The third kappa shape index (κ3) is 4.70. The number of nitrogens with zero attached hydrogens (tertiary/aromatic N) is 3. The first-order valence-corrected chi connectivity index (χ1v) is 11.0. The van der Waals surface area contributed by atoms with Gasteiger partial charge in [0.15, 0.2) is 0 Å². The van der Waals surface area contributed by atoms with Crippen LogP contribution < -0.4 is 4.90 Å². The normalized spacial score (nSPS) is 16.6. The van der Waals surface area contributed by atoms with Crippen LogP contribution in [-0.4, -0.2) is 48.3 Å². The SMILES string of the molecule is CN1CCN(c2ccc(/C=C/c3cc(/C=C/c4ccc5c(c4)CC=C5)n[nH]3)cc2)CC1. The molecule has 2 aromatic carbocycles. The molecule has 1 aromatic heterocycles. The van der Waals surface area contributed by atoms with Crippen LogP contribution in [0.25, 0.3) is 30.4 Å². The van der Waals surface area contributed by atoms with Gasteiger partial charge in [-0.05, 0) is 66.1 Å². The van der Waals surface area contributed by atoms with Gasteiger partial charge in [-0.3, -0.25) is 5.10 Å². The number of anilines is 1. The zero-order valence-electron chi connectivity index (χ0n) is 18.0. The molecule has 3 aromatic rings. The van der Waals surface area contributed by atoms with Crippen molar-refractivity contribution in [2.75, 3.05) is 38.1 Å². The molecule has 0 saturated carbocycles. The summed E-state index contributed by atoms with van der Waals surface area (Å²) in [6, 6.07) is 17.5. The van der Waals surface area contributed by atoms with Crippen LogP contribution in [0.4, 0.5) is 5.69 Å². The van der Waals surface area contributed by atoms with Crippen molar-refractivity contribution < 1.29 is 0 Å². The number of likely N-dealkylation sites (N-methyl/N-ethyl adjacent to an activating group) is 1. The lowest BCUT2D eigenvalue weighted by atomic mass is 10.1. The molecule has 0 unspecified atom stereocenters. The van der Waals surface area contributed by atoms with Crippen LogP contribution in [0.3, 0.4) is 0 Å². The zero-order valence-corrected chi connectivity index (χ0v) is 18.0. The molecule has 1 aliphatic heterocycles. The van der Waals surface area contributed by atoms with Gasteiger partial charge in [0.05, 0.1) is 11.4 Å². The number of aromatic nitrogens is 2. The van der Waals surface area contributed by atoms with Gasteiger partial charge >= 0.3 is 0 Å². The second-order valence-electron chi connectivity index (χ2n) is 8.36. The van der Waals surface area contributed by atoms with Crippen molar-refractivity contribution in [3.63, 3.8) is 0 Å². The second kappa shape index (κ2) is 8.78. The Bertz CT molecular complexity index is 1130. The lowest BCUT2D eigenvalue weighted by Gasteiger charge is -2.34. The Morgan fingerprint density at radius 1 is 0.839 bits per heavy atom. The summed E-state index contributed by atoms with van der Waals surface area (Å²) < 4.78 is 0. The van der Waals surface area contributed by atoms with Crippen molar-refractivity contribution in [3.8, 4) is 0 Å². The van der Waals surface area contributed by atoms with E-state index in [-0.39, 0.29) is 0 Å². The molecule has 1 fully saturated rings. The smallest absolute Gasteiger partial charge is 0.0854 e. The van der Waals surface area contributed by atoms with Crippen molar-refractivity contribution in [1.82, 2.24) is 15.1 Å². The van der Waals surface area contributed by atoms with Crippen LogP contribution in [0.1, 0.15) is 33.6 Å². The highest BCUT2D eigenvalue weighted by atomic mass is 15.2. The molecule has 0 amide bonds. The van der Waals surface area contributed by atoms with Gasteiger partial charge in [0.1, 0.15) is 0 Å². The Morgan fingerprint density at radius 3 is 2.45 bits per heavy atom. The average Bonchev–Trinajstić information content (AvgIpc) is 3.46. The molecule has 1 aliphatic carbocycles. The van der Waals surface area contributed by atoms with E-state index in [0.717, 1.165) is 44.0 Å². The van der Waals surface area contributed by atoms with Gasteiger partial charge in [0, 0.05) is 31.9 Å². The standard InChI is InChI=1S/C27H28N4/c1-30-15-17-31(18-16-30)27-13-8-21(9-14-27)6-11-25-20-26(29-28-25)12-7-22-5-10-23-3-2-4-24(23)19-22/h2-3,5-14,19-20H,4,15-18H2,1H3,(H,28,29)/b11-6+,12-7+. The van der Waals surface area contributed by atoms with Crippen LogP contribution in [0.5, 0.6) is 0 Å². The number of nitrogens with one attached hydrogen (secondary N) is 1. The van der Waals surface area contributed by atoms with Crippen molar-refractivity contribution >= 4 is 36.1 Å². The summed E-state index contributed by atoms with van der Waals surface area (Å²) in [4.78, 5) is 4.84. The summed E-state index contributed by atoms with van der Waals surface area (Å²) in [7, 11) is 2.19. The molecule has 2 heterocycles. The highest BCUT2D eigenvalue weighted by molar-refractivity contribution is 5.73. The summed E-state index contributed by atoms with van der Waals surface area (Å²) in [5.41, 5.74) is 8.37. The molecule has 0 radical (unpaired) electrons. The molecule has 0 atom stereocenters. The van der Waals surface area contributed by atoms with Gasteiger partial charge in [-0.25, -0.2) is 0 Å². The maximum absolute atomic E-state index is 4.41. The largest absolute Gasteiger partial charge is 0.369 e. The number of hydrogen-bond acceptors (Lipinski definition) is 3. The van der Waals surface area contributed by atoms with Crippen LogP contribution in [0, 0.1) is 0 Å². The number of fused-ring (bicyclic) bond motifs is 1. The number of H-pyrrole nitrogens is 1. The predicted molar refractivity (Wildman–Crippen MR) is 132 cm³/mol. The van der Waals surface area contributed by atoms with E-state index in [4.69, 9.17) is 0 Å². The summed E-state index contributed by atoms with van der Waals surface area (Å²) in [6.07, 6.45) is 13.8. The van der Waals surface area contributed by atoms with E-state index >= 15 is 0 Å². The lowest BCUT2D eigenvalue weighted by Crippen LogP contribution is -2.44. The van der Waals surface area contributed by atoms with Crippen molar-refractivity contribution in [3.05, 3.63) is 88.2 Å². The van der Waals surface area contributed by atoms with E-state index in [0.29, 0.717) is 0 Å². The quantitative estimate of drug-likeness (QED) is 0.640. The highest BCUT2D eigenvalue weighted by Crippen LogP contribution is 2.22. The van der Waals surface area contributed by atoms with E-state index in [2.05, 4.69) is 112 Å². The van der Waals surface area contributed by atoms with Gasteiger partial charge < -0.3 is 9.80 Å². The van der Waals surface area contributed by atoms with E-state index < -0.39 is 0 Å². The van der Waals surface area contributed by atoms with Crippen molar-refractivity contribution in [2.24, 2.45) is 0 Å². The Balaban J connectivity index is 1.20. The molecular formula is C27H28N4. The fourth-order valence-electron chi connectivity index (χ4n) is 4.13. The number of rotatable bonds is 5. The van der Waals surface area contributed by atoms with Crippen LogP contribution in [0.2, 0.25) is 0 Å². The molecule has 4 heteroatoms. The first-order valence-electron chi connectivity index (χ1n) is 11.0. The van der Waals surface area contributed by atoms with E-state index in [1.54, 1.807) is 0 Å². The molecule has 2 aliphatic rings. The zero-order chi connectivity index (χ0) is 21.0. The lowest BCUT2D eigenvalue weighted by molar-refractivity contribution is 0.313. The maximum Gasteiger partial charge on any atom is 0.0854 e. The van der Waals surface area contributed by atoms with Crippen LogP contribution in [0.15, 0.2) is 54.6 Å². The Morgan fingerprint density at radius 2 is 1.61 bits per heavy atom. The molecule has 4 nitrogen and oxygen atoms in total. The molecule has 0 bridgehead atoms. The Hall–Kier alpha value is -3.37. The number of benzene rings is 2. The minimum Gasteiger partial charge on any atom is -0.369 e. The molecule has 0 spiro atoms. The van der Waals surface area contributed by atoms with Gasteiger partial charge in [0.25, 0.3) is 0 Å². The minimum atomic E-state index is 0.934. The predicted octanol–water partition coefficient (Wildman–Crippen LogP) is 5.07. The molecular weight excluding hydrogens is 380 g/mol. The number of aromatic amines is 1. The van der Waals surface area contributed by atoms with E-state index in [9.17, 15) is 0 Å². The highest BCUT2D eigenvalue weighted by Gasteiger charge is 2.13. The molecule has 1 N–H and O–H groups in total. The maximum atomic E-state index is 4.41. The van der Waals surface area contributed by atoms with E-state index in [1.807, 2.05) is 0 Å².